The number of carbonyl (C=O) groups is 1. The topological polar surface area (TPSA) is 41.1 Å². The molecule has 0 heterocycles. The number of hydrogen-bond donors (Lipinski definition) is 2. The molecule has 3 heteroatoms. The van der Waals surface area contributed by atoms with Gasteiger partial charge in [-0.3, -0.25) is 4.79 Å². The van der Waals surface area contributed by atoms with E-state index in [0.717, 1.165) is 19.3 Å². The minimum absolute atomic E-state index is 0.0640. The van der Waals surface area contributed by atoms with Gasteiger partial charge in [0.25, 0.3) is 0 Å². The summed E-state index contributed by atoms with van der Waals surface area (Å²) >= 11 is 0. The molecule has 17 heavy (non-hydrogen) atoms. The molecule has 0 aromatic rings. The van der Waals surface area contributed by atoms with Crippen LogP contribution < -0.4 is 10.6 Å². The van der Waals surface area contributed by atoms with E-state index in [4.69, 9.17) is 6.42 Å². The van der Waals surface area contributed by atoms with Crippen molar-refractivity contribution in [3.63, 3.8) is 0 Å². The van der Waals surface area contributed by atoms with Gasteiger partial charge < -0.3 is 10.6 Å². The zero-order valence-corrected chi connectivity index (χ0v) is 11.5. The molecule has 0 fully saturated rings. The SMILES string of the molecule is C#CCC(CC)NC(C)C(=O)NC(CC)CC. The second-order valence-electron chi connectivity index (χ2n) is 4.42. The number of hydrogen-bond acceptors (Lipinski definition) is 2. The predicted octanol–water partition coefficient (Wildman–Crippen LogP) is 2.07. The van der Waals surface area contributed by atoms with Crippen molar-refractivity contribution in [2.75, 3.05) is 0 Å². The second kappa shape index (κ2) is 9.07. The molecule has 0 saturated heterocycles. The molecule has 0 aliphatic carbocycles. The molecule has 1 amide bonds. The van der Waals surface area contributed by atoms with Crippen LogP contribution in [0.1, 0.15) is 53.4 Å². The summed E-state index contributed by atoms with van der Waals surface area (Å²) in [5.41, 5.74) is 0. The number of terminal acetylenes is 1. The van der Waals surface area contributed by atoms with Crippen molar-refractivity contribution < 1.29 is 4.79 Å². The Bertz CT molecular complexity index is 253. The number of carbonyl (C=O) groups excluding carboxylic acids is 1. The maximum absolute atomic E-state index is 11.9. The van der Waals surface area contributed by atoms with Gasteiger partial charge in [-0.1, -0.05) is 20.8 Å². The first-order valence-electron chi connectivity index (χ1n) is 6.58. The summed E-state index contributed by atoms with van der Waals surface area (Å²) in [6.07, 6.45) is 8.83. The van der Waals surface area contributed by atoms with Crippen LogP contribution in [0, 0.1) is 12.3 Å². The van der Waals surface area contributed by atoms with E-state index in [1.54, 1.807) is 0 Å². The third-order valence-electron chi connectivity index (χ3n) is 3.07. The van der Waals surface area contributed by atoms with Gasteiger partial charge in [0.15, 0.2) is 0 Å². The van der Waals surface area contributed by atoms with Crippen LogP contribution in [0.15, 0.2) is 0 Å². The van der Waals surface area contributed by atoms with Gasteiger partial charge in [-0.2, -0.15) is 0 Å². The van der Waals surface area contributed by atoms with Crippen molar-refractivity contribution >= 4 is 5.91 Å². The van der Waals surface area contributed by atoms with Crippen LogP contribution in [0.2, 0.25) is 0 Å². The molecule has 0 spiro atoms. The Morgan fingerprint density at radius 1 is 1.18 bits per heavy atom. The fraction of sp³-hybridized carbons (Fsp3) is 0.786. The first-order chi connectivity index (χ1) is 8.08. The van der Waals surface area contributed by atoms with Crippen LogP contribution in [-0.2, 0) is 4.79 Å². The smallest absolute Gasteiger partial charge is 0.237 e. The summed E-state index contributed by atoms with van der Waals surface area (Å²) in [6, 6.07) is 0.316. The maximum Gasteiger partial charge on any atom is 0.237 e. The van der Waals surface area contributed by atoms with Crippen LogP contribution in [0.5, 0.6) is 0 Å². The lowest BCUT2D eigenvalue weighted by Gasteiger charge is -2.22. The normalized spacial score (nSPS) is 14.1. The van der Waals surface area contributed by atoms with Gasteiger partial charge in [0, 0.05) is 18.5 Å². The number of nitrogens with one attached hydrogen (secondary N) is 2. The van der Waals surface area contributed by atoms with E-state index in [2.05, 4.69) is 37.3 Å². The largest absolute Gasteiger partial charge is 0.352 e. The maximum atomic E-state index is 11.9. The van der Waals surface area contributed by atoms with Crippen LogP contribution in [0.25, 0.3) is 0 Å². The van der Waals surface area contributed by atoms with Crippen LogP contribution in [0.4, 0.5) is 0 Å². The van der Waals surface area contributed by atoms with E-state index in [-0.39, 0.29) is 24.0 Å². The predicted molar refractivity (Wildman–Crippen MR) is 72.6 cm³/mol. The molecule has 2 atom stereocenters. The Kier molecular flexibility index (Phi) is 8.53. The van der Waals surface area contributed by atoms with E-state index in [0.29, 0.717) is 6.42 Å². The molecule has 2 N–H and O–H groups in total. The molecule has 0 aliphatic rings. The van der Waals surface area contributed by atoms with Gasteiger partial charge in [-0.25, -0.2) is 0 Å². The molecule has 0 aromatic carbocycles. The molecule has 0 saturated carbocycles. The molecule has 0 bridgehead atoms. The zero-order valence-electron chi connectivity index (χ0n) is 11.5. The highest BCUT2D eigenvalue weighted by atomic mass is 16.2. The second-order valence-corrected chi connectivity index (χ2v) is 4.42. The van der Waals surface area contributed by atoms with Gasteiger partial charge >= 0.3 is 0 Å². The Morgan fingerprint density at radius 3 is 2.12 bits per heavy atom. The zero-order chi connectivity index (χ0) is 13.3. The molecule has 3 nitrogen and oxygen atoms in total. The minimum atomic E-state index is -0.186. The van der Waals surface area contributed by atoms with Crippen molar-refractivity contribution in [1.82, 2.24) is 10.6 Å². The molecule has 0 rings (SSSR count). The highest BCUT2D eigenvalue weighted by Crippen LogP contribution is 2.00. The molecule has 0 aromatic heterocycles. The van der Waals surface area contributed by atoms with Gasteiger partial charge in [0.1, 0.15) is 0 Å². The van der Waals surface area contributed by atoms with Crippen molar-refractivity contribution in [1.29, 1.82) is 0 Å². The lowest BCUT2D eigenvalue weighted by molar-refractivity contribution is -0.123. The monoisotopic (exact) mass is 238 g/mol. The first kappa shape index (κ1) is 16.0. The highest BCUT2D eigenvalue weighted by Gasteiger charge is 2.18. The Labute approximate surface area is 106 Å². The minimum Gasteiger partial charge on any atom is -0.352 e. The van der Waals surface area contributed by atoms with Crippen molar-refractivity contribution in [3.8, 4) is 12.3 Å². The van der Waals surface area contributed by atoms with E-state index < -0.39 is 0 Å². The molecular formula is C14H26N2O. The quantitative estimate of drug-likeness (QED) is 0.636. The van der Waals surface area contributed by atoms with Gasteiger partial charge in [-0.15, -0.1) is 12.3 Å². The molecular weight excluding hydrogens is 212 g/mol. The molecule has 0 radical (unpaired) electrons. The van der Waals surface area contributed by atoms with Crippen LogP contribution >= 0.6 is 0 Å². The standard InChI is InChI=1S/C14H26N2O/c1-6-10-13(9-4)15-11(5)14(17)16-12(7-2)8-3/h1,11-13,15H,7-10H2,2-5H3,(H,16,17). The third kappa shape index (κ3) is 6.33. The average Bonchev–Trinajstić information content (AvgIpc) is 2.34. The fourth-order valence-corrected chi connectivity index (χ4v) is 1.71. The third-order valence-corrected chi connectivity index (χ3v) is 3.07. The fourth-order valence-electron chi connectivity index (χ4n) is 1.71. The van der Waals surface area contributed by atoms with E-state index in [9.17, 15) is 4.79 Å². The van der Waals surface area contributed by atoms with Gasteiger partial charge in [0.2, 0.25) is 5.91 Å². The van der Waals surface area contributed by atoms with E-state index in [1.807, 2.05) is 6.92 Å². The average molecular weight is 238 g/mol. The first-order valence-corrected chi connectivity index (χ1v) is 6.58. The Hall–Kier alpha value is -1.01. The summed E-state index contributed by atoms with van der Waals surface area (Å²) in [5.74, 6) is 2.70. The Morgan fingerprint density at radius 2 is 1.71 bits per heavy atom. The summed E-state index contributed by atoms with van der Waals surface area (Å²) in [6.45, 7) is 8.12. The van der Waals surface area contributed by atoms with Crippen LogP contribution in [0.3, 0.4) is 0 Å². The van der Waals surface area contributed by atoms with Gasteiger partial charge in [0.05, 0.1) is 6.04 Å². The lowest BCUT2D eigenvalue weighted by atomic mass is 10.1. The molecule has 2 unspecified atom stereocenters. The van der Waals surface area contributed by atoms with Crippen molar-refractivity contribution in [2.45, 2.75) is 71.5 Å². The highest BCUT2D eigenvalue weighted by molar-refractivity contribution is 5.81. The van der Waals surface area contributed by atoms with E-state index >= 15 is 0 Å². The number of rotatable bonds is 8. The summed E-state index contributed by atoms with van der Waals surface area (Å²) in [4.78, 5) is 11.9. The molecule has 98 valence electrons. The van der Waals surface area contributed by atoms with Crippen molar-refractivity contribution in [2.24, 2.45) is 0 Å². The lowest BCUT2D eigenvalue weighted by Crippen LogP contribution is -2.49. The summed E-state index contributed by atoms with van der Waals surface area (Å²) in [7, 11) is 0. The number of amides is 1. The van der Waals surface area contributed by atoms with Crippen molar-refractivity contribution in [3.05, 3.63) is 0 Å². The van der Waals surface area contributed by atoms with Crippen LogP contribution in [-0.4, -0.2) is 24.0 Å². The Balaban J connectivity index is 4.16. The van der Waals surface area contributed by atoms with Gasteiger partial charge in [-0.05, 0) is 26.2 Å². The molecule has 0 aliphatic heterocycles. The summed E-state index contributed by atoms with van der Waals surface area (Å²) in [5, 5.41) is 6.30. The van der Waals surface area contributed by atoms with E-state index in [1.165, 1.54) is 0 Å². The summed E-state index contributed by atoms with van der Waals surface area (Å²) < 4.78 is 0.